The summed E-state index contributed by atoms with van der Waals surface area (Å²) in [4.78, 5) is 16.0. The van der Waals surface area contributed by atoms with Gasteiger partial charge in [0.1, 0.15) is 6.10 Å². The molecule has 2 fully saturated rings. The van der Waals surface area contributed by atoms with Crippen LogP contribution in [0.1, 0.15) is 142 Å². The fraction of sp³-hybridized carbons (Fsp3) is 0.625. The molecule has 308 valence electrons. The van der Waals surface area contributed by atoms with Crippen LogP contribution in [0.4, 0.5) is 32.3 Å². The Kier molecular flexibility index (Phi) is 11.8. The lowest BCUT2D eigenvalue weighted by Crippen LogP contribution is -2.36. The molecule has 0 bridgehead atoms. The molecule has 16 heteroatoms. The number of anilines is 1. The highest BCUT2D eigenvalue weighted by Crippen LogP contribution is 2.53. The van der Waals surface area contributed by atoms with Crippen LogP contribution in [0.2, 0.25) is 0 Å². The van der Waals surface area contributed by atoms with Crippen LogP contribution in [-0.2, 0) is 26.9 Å². The van der Waals surface area contributed by atoms with Gasteiger partial charge in [-0.3, -0.25) is 9.17 Å². The van der Waals surface area contributed by atoms with Gasteiger partial charge in [-0.2, -0.15) is 21.6 Å². The summed E-state index contributed by atoms with van der Waals surface area (Å²) >= 11 is 0. The van der Waals surface area contributed by atoms with Gasteiger partial charge in [0, 0.05) is 55.1 Å². The minimum absolute atomic E-state index is 0.00212. The maximum Gasteiger partial charge on any atom is 0.416 e. The molecule has 1 aromatic carbocycles. The Morgan fingerprint density at radius 2 is 1.57 bits per heavy atom. The number of aliphatic hydroxyl groups is 1. The highest BCUT2D eigenvalue weighted by molar-refractivity contribution is 7.86. The number of aromatic nitrogens is 3. The number of alkyl halides is 6. The first-order valence-electron chi connectivity index (χ1n) is 19.0. The lowest BCUT2D eigenvalue weighted by atomic mass is 9.68. The van der Waals surface area contributed by atoms with Crippen molar-refractivity contribution in [2.24, 2.45) is 5.41 Å². The standard InChI is InChI=1S/C40H50F6N4O5S/c1-37(2)20-29-32(30(21-37)55-56(5,52)53)31(24-10-14-39(42,43)15-11-24)33(34(41)25-6-8-27(9-7-25)40(44,45)46)35(49-29)26-12-17-50(18-13-26)36-47-22-28(23-48-36)54-19-16-38(3,4)51/h6-9,22-24,26,30,34,51H,10-21H2,1-5H3/t30-,34?/m0/s1. The van der Waals surface area contributed by atoms with Crippen molar-refractivity contribution in [3.8, 4) is 5.75 Å². The monoisotopic (exact) mass is 812 g/mol. The average Bonchev–Trinajstić information content (AvgIpc) is 3.09. The number of pyridine rings is 1. The fourth-order valence-electron chi connectivity index (χ4n) is 8.29. The van der Waals surface area contributed by atoms with Crippen LogP contribution in [0.25, 0.3) is 0 Å². The van der Waals surface area contributed by atoms with Crippen LogP contribution in [0, 0.1) is 5.41 Å². The summed E-state index contributed by atoms with van der Waals surface area (Å²) in [5.41, 5.74) is -0.583. The van der Waals surface area contributed by atoms with E-state index in [1.54, 1.807) is 26.2 Å². The molecule has 2 atom stereocenters. The lowest BCUT2D eigenvalue weighted by Gasteiger charge is -2.42. The summed E-state index contributed by atoms with van der Waals surface area (Å²) < 4.78 is 124. The van der Waals surface area contributed by atoms with Crippen molar-refractivity contribution in [1.29, 1.82) is 0 Å². The Balaban J connectivity index is 1.42. The normalized spacial score (nSPS) is 21.4. The van der Waals surface area contributed by atoms with Gasteiger partial charge in [0.15, 0.2) is 11.9 Å². The van der Waals surface area contributed by atoms with Crippen molar-refractivity contribution < 1.29 is 48.8 Å². The van der Waals surface area contributed by atoms with Crippen LogP contribution >= 0.6 is 0 Å². The SMILES string of the molecule is CC(C)(O)CCOc1cnc(N2CCC(c3nc4c(c(C5CCC(F)(F)CC5)c3C(F)c3ccc(C(F)(F)F)cc3)[C@@H](OS(C)(=O)=O)CC(C)(C)C4)CC2)nc1. The third-order valence-corrected chi connectivity index (χ3v) is 11.7. The first-order chi connectivity index (χ1) is 26.0. The molecule has 1 N–H and O–H groups in total. The number of hydrogen-bond acceptors (Lipinski definition) is 9. The quantitative estimate of drug-likeness (QED) is 0.150. The van der Waals surface area contributed by atoms with Gasteiger partial charge in [0.25, 0.3) is 10.1 Å². The molecule has 0 spiro atoms. The zero-order valence-electron chi connectivity index (χ0n) is 32.3. The lowest BCUT2D eigenvalue weighted by molar-refractivity contribution is -0.137. The molecule has 3 aromatic rings. The van der Waals surface area contributed by atoms with E-state index in [0.717, 1.165) is 30.5 Å². The Hall–Kier alpha value is -3.50. The largest absolute Gasteiger partial charge is 0.490 e. The number of hydrogen-bond donors (Lipinski definition) is 1. The Morgan fingerprint density at radius 3 is 2.12 bits per heavy atom. The highest BCUT2D eigenvalue weighted by atomic mass is 32.2. The number of nitrogens with zero attached hydrogens (tertiary/aromatic N) is 4. The van der Waals surface area contributed by atoms with Crippen molar-refractivity contribution in [2.45, 2.75) is 127 Å². The predicted octanol–water partition coefficient (Wildman–Crippen LogP) is 9.16. The van der Waals surface area contributed by atoms with Gasteiger partial charge in [-0.25, -0.2) is 23.1 Å². The molecule has 6 rings (SSSR count). The number of benzene rings is 1. The summed E-state index contributed by atoms with van der Waals surface area (Å²) in [7, 11) is -4.05. The molecule has 2 aromatic heterocycles. The molecule has 1 unspecified atom stereocenters. The van der Waals surface area contributed by atoms with Gasteiger partial charge in [0.2, 0.25) is 11.9 Å². The van der Waals surface area contributed by atoms with E-state index in [-0.39, 0.29) is 42.9 Å². The van der Waals surface area contributed by atoms with Crippen LogP contribution in [0.5, 0.6) is 5.75 Å². The van der Waals surface area contributed by atoms with Crippen molar-refractivity contribution in [3.05, 3.63) is 75.9 Å². The van der Waals surface area contributed by atoms with E-state index in [1.165, 1.54) is 0 Å². The van der Waals surface area contributed by atoms with Gasteiger partial charge < -0.3 is 14.7 Å². The van der Waals surface area contributed by atoms with Gasteiger partial charge in [-0.15, -0.1) is 0 Å². The predicted molar refractivity (Wildman–Crippen MR) is 198 cm³/mol. The molecule has 3 aliphatic rings. The second-order valence-corrected chi connectivity index (χ2v) is 18.6. The summed E-state index contributed by atoms with van der Waals surface area (Å²) in [5, 5.41) is 9.95. The molecule has 1 saturated carbocycles. The first-order valence-corrected chi connectivity index (χ1v) is 20.9. The summed E-state index contributed by atoms with van der Waals surface area (Å²) in [6.45, 7) is 8.46. The topological polar surface area (TPSA) is 115 Å². The minimum Gasteiger partial charge on any atom is -0.490 e. The maximum absolute atomic E-state index is 17.5. The van der Waals surface area contributed by atoms with Crippen molar-refractivity contribution >= 4 is 16.1 Å². The Bertz CT molecular complexity index is 1950. The molecule has 56 heavy (non-hydrogen) atoms. The third-order valence-electron chi connectivity index (χ3n) is 11.1. The van der Waals surface area contributed by atoms with Crippen LogP contribution in [-0.4, -0.2) is 66.0 Å². The van der Waals surface area contributed by atoms with E-state index in [9.17, 15) is 35.5 Å². The zero-order valence-corrected chi connectivity index (χ0v) is 33.1. The van der Waals surface area contributed by atoms with Crippen molar-refractivity contribution in [3.63, 3.8) is 0 Å². The van der Waals surface area contributed by atoms with Crippen molar-refractivity contribution in [2.75, 3.05) is 30.9 Å². The van der Waals surface area contributed by atoms with Crippen molar-refractivity contribution in [1.82, 2.24) is 15.0 Å². The number of fused-ring (bicyclic) bond motifs is 1. The maximum atomic E-state index is 17.5. The average molecular weight is 813 g/mol. The molecule has 1 aliphatic heterocycles. The van der Waals surface area contributed by atoms with Gasteiger partial charge in [0.05, 0.1) is 42.1 Å². The van der Waals surface area contributed by atoms with Gasteiger partial charge in [-0.1, -0.05) is 26.0 Å². The first kappa shape index (κ1) is 42.1. The molecule has 0 radical (unpaired) electrons. The van der Waals surface area contributed by atoms with E-state index in [2.05, 4.69) is 9.97 Å². The minimum atomic E-state index is -4.65. The summed E-state index contributed by atoms with van der Waals surface area (Å²) in [5.74, 6) is -2.96. The zero-order chi connectivity index (χ0) is 40.8. The number of ether oxygens (including phenoxy) is 1. The molecule has 0 amide bonds. The summed E-state index contributed by atoms with van der Waals surface area (Å²) in [6, 6.07) is 3.80. The number of rotatable bonds is 11. The van der Waals surface area contributed by atoms with Gasteiger partial charge >= 0.3 is 6.18 Å². The van der Waals surface area contributed by atoms with Crippen LogP contribution < -0.4 is 9.64 Å². The Labute approximate surface area is 324 Å². The van der Waals surface area contributed by atoms with Gasteiger partial charge in [-0.05, 0) is 87.0 Å². The molecule has 3 heterocycles. The molecular weight excluding hydrogens is 763 g/mol. The molecule has 2 aliphatic carbocycles. The third kappa shape index (κ3) is 10.1. The van der Waals surface area contributed by atoms with E-state index < -0.39 is 69.8 Å². The van der Waals surface area contributed by atoms with Crippen LogP contribution in [0.3, 0.4) is 0 Å². The smallest absolute Gasteiger partial charge is 0.416 e. The highest BCUT2D eigenvalue weighted by Gasteiger charge is 2.45. The molecule has 9 nitrogen and oxygen atoms in total. The molecular formula is C40H50F6N4O5S. The second kappa shape index (κ2) is 15.7. The molecule has 1 saturated heterocycles. The van der Waals surface area contributed by atoms with E-state index in [4.69, 9.17) is 13.9 Å². The van der Waals surface area contributed by atoms with E-state index in [0.29, 0.717) is 73.0 Å². The Morgan fingerprint density at radius 1 is 0.964 bits per heavy atom. The number of piperidine rings is 1. The summed E-state index contributed by atoms with van der Waals surface area (Å²) in [6.07, 6.45) is -2.60. The van der Waals surface area contributed by atoms with Crippen LogP contribution in [0.15, 0.2) is 36.7 Å². The van der Waals surface area contributed by atoms with E-state index in [1.807, 2.05) is 18.7 Å². The van der Waals surface area contributed by atoms with E-state index >= 15 is 4.39 Å². The fourth-order valence-corrected chi connectivity index (χ4v) is 8.88. The second-order valence-electron chi connectivity index (χ2n) is 17.0. The number of halogens is 6.